The summed E-state index contributed by atoms with van der Waals surface area (Å²) in [5.41, 5.74) is 6.99. The number of nitrogen functional groups attached to an aromatic ring is 1. The number of carbonyl (C=O) groups is 2. The number of hydrogen-bond acceptors (Lipinski definition) is 18. The van der Waals surface area contributed by atoms with E-state index in [2.05, 4.69) is 29.6 Å². The van der Waals surface area contributed by atoms with Gasteiger partial charge in [0.1, 0.15) is 36.2 Å². The summed E-state index contributed by atoms with van der Waals surface area (Å²) in [5, 5.41) is 76.7. The number of phosphoric acid groups is 1. The zero-order valence-electron chi connectivity index (χ0n) is 29.5. The number of nitrogens with zero attached hydrogens (tertiary/aromatic N) is 2. The number of rotatable bonds is 19. The van der Waals surface area contributed by atoms with Gasteiger partial charge in [0, 0.05) is 37.7 Å². The van der Waals surface area contributed by atoms with Gasteiger partial charge in [0.2, 0.25) is 5.95 Å². The molecule has 0 amide bonds. The fourth-order valence-corrected chi connectivity index (χ4v) is 6.86. The second kappa shape index (κ2) is 18.1. The van der Waals surface area contributed by atoms with E-state index in [0.717, 1.165) is 5.69 Å². The lowest BCUT2D eigenvalue weighted by molar-refractivity contribution is -0.192. The Morgan fingerprint density at radius 3 is 2.39 bits per heavy atom. The average molecular weight is 791 g/mol. The lowest BCUT2D eigenvalue weighted by atomic mass is 9.97. The molecule has 2 aliphatic rings. The maximum absolute atomic E-state index is 12.4. The molecule has 2 aromatic rings. The van der Waals surface area contributed by atoms with Gasteiger partial charge in [0.25, 0.3) is 5.56 Å². The van der Waals surface area contributed by atoms with Crippen LogP contribution in [-0.4, -0.2) is 150 Å². The smallest absolute Gasteiger partial charge is 0.473 e. The molecule has 1 fully saturated rings. The van der Waals surface area contributed by atoms with Crippen LogP contribution in [0.3, 0.4) is 0 Å². The molecule has 13 N–H and O–H groups in total. The molecule has 302 valence electrons. The maximum Gasteiger partial charge on any atom is 0.473 e. The Labute approximate surface area is 308 Å². The van der Waals surface area contributed by atoms with E-state index >= 15 is 0 Å². The summed E-state index contributed by atoms with van der Waals surface area (Å²) < 4.78 is 32.0. The highest BCUT2D eigenvalue weighted by Crippen LogP contribution is 2.46. The number of H-pyrrole nitrogens is 1. The van der Waals surface area contributed by atoms with Gasteiger partial charge in [-0.1, -0.05) is 12.1 Å². The van der Waals surface area contributed by atoms with Crippen LogP contribution in [0.15, 0.2) is 29.1 Å². The third-order valence-corrected chi connectivity index (χ3v) is 10.2. The molecule has 0 spiro atoms. The van der Waals surface area contributed by atoms with Crippen molar-refractivity contribution in [3.63, 3.8) is 0 Å². The van der Waals surface area contributed by atoms with E-state index in [1.54, 1.807) is 12.1 Å². The molecule has 1 aromatic carbocycles. The van der Waals surface area contributed by atoms with Crippen LogP contribution in [0.5, 0.6) is 0 Å². The minimum atomic E-state index is -5.11. The predicted molar refractivity (Wildman–Crippen MR) is 188 cm³/mol. The fraction of sp³-hybridized carbons (Fsp3) is 0.613. The Morgan fingerprint density at radius 2 is 1.76 bits per heavy atom. The van der Waals surface area contributed by atoms with Gasteiger partial charge in [-0.3, -0.25) is 23.6 Å². The number of aliphatic carboxylic acids is 2. The topological polar surface area (TPSA) is 349 Å². The highest BCUT2D eigenvalue weighted by atomic mass is 31.2. The molecule has 4 rings (SSSR count). The second-order valence-corrected chi connectivity index (χ2v) is 14.5. The van der Waals surface area contributed by atoms with E-state index < -0.39 is 100 Å². The van der Waals surface area contributed by atoms with Crippen LogP contribution < -0.4 is 26.8 Å². The van der Waals surface area contributed by atoms with Crippen molar-refractivity contribution in [2.45, 2.75) is 100 Å². The number of aliphatic hydroxyl groups is 5. The number of ether oxygens (including phenoxy) is 2. The normalized spacial score (nSPS) is 26.2. The standard InChI is InChI=1S/C31H47N6O16P/c1-13-22(34-23-27(33-13)35-31(32)36-28(23)45)14(2)37(3)16-6-4-15(5-7-16)10-17(38)24(42)18(39)11-50-30-26(44)25(43)20(52-30)12-51-54(48,49)53-19(29(46)47)8-9-21(40)41/h4-7,13-14,17-20,22,24-26,30,34,38-39,42-44H,8-12H2,1-3H3,(H,40,41)(H,46,47)(H,48,49)(H4,32,33,35,36,45)/t13-,14?,17?,18?,19?,20+,22?,24?,25+,26+,30-/m0/s1. The van der Waals surface area contributed by atoms with Gasteiger partial charge in [-0.25, -0.2) is 9.36 Å². The summed E-state index contributed by atoms with van der Waals surface area (Å²) in [7, 11) is -3.23. The first kappa shape index (κ1) is 42.8. The lowest BCUT2D eigenvalue weighted by Crippen LogP contribution is -2.54. The predicted octanol–water partition coefficient (Wildman–Crippen LogP) is -1.99. The van der Waals surface area contributed by atoms with Gasteiger partial charge in [0.05, 0.1) is 25.4 Å². The van der Waals surface area contributed by atoms with Gasteiger partial charge >= 0.3 is 19.8 Å². The maximum atomic E-state index is 12.4. The molecule has 0 radical (unpaired) electrons. The van der Waals surface area contributed by atoms with Crippen LogP contribution in [0, 0.1) is 0 Å². The SMILES string of the molecule is CC(C1Nc2c(nc(N)[nH]c2=O)N[C@H]1C)N(C)c1ccc(CC(O)C(O)C(O)CO[C@H]2O[C@H](COP(=O)(O)OC(CCC(=O)O)C(=O)O)[C@@H](O)[C@H]2O)cc1. The van der Waals surface area contributed by atoms with E-state index in [1.807, 2.05) is 37.9 Å². The molecule has 22 nitrogen and oxygen atoms in total. The fourth-order valence-electron chi connectivity index (χ4n) is 5.94. The third-order valence-electron chi connectivity index (χ3n) is 9.17. The number of likely N-dealkylation sites (N-methyl/N-ethyl adjacent to an activating group) is 1. The molecular weight excluding hydrogens is 743 g/mol. The summed E-state index contributed by atoms with van der Waals surface area (Å²) in [4.78, 5) is 52.9. The van der Waals surface area contributed by atoms with Crippen molar-refractivity contribution in [3.05, 3.63) is 40.2 Å². The first-order valence-corrected chi connectivity index (χ1v) is 18.3. The minimum absolute atomic E-state index is 0.00330. The molecule has 7 unspecified atom stereocenters. The Balaban J connectivity index is 1.24. The number of aromatic amines is 1. The number of fused-ring (bicyclic) bond motifs is 1. The number of hydrogen-bond donors (Lipinski definition) is 12. The highest BCUT2D eigenvalue weighted by molar-refractivity contribution is 7.47. The van der Waals surface area contributed by atoms with Crippen LogP contribution in [-0.2, 0) is 39.1 Å². The largest absolute Gasteiger partial charge is 0.481 e. The van der Waals surface area contributed by atoms with Crippen molar-refractivity contribution in [2.75, 3.05) is 41.5 Å². The Hall–Kier alpha value is -3.93. The molecule has 3 heterocycles. The zero-order valence-corrected chi connectivity index (χ0v) is 30.4. The van der Waals surface area contributed by atoms with Gasteiger partial charge in [-0.2, -0.15) is 4.98 Å². The number of aromatic nitrogens is 2. The van der Waals surface area contributed by atoms with E-state index in [1.165, 1.54) is 0 Å². The number of nitrogens with one attached hydrogen (secondary N) is 3. The molecule has 1 aromatic heterocycles. The molecule has 0 bridgehead atoms. The summed E-state index contributed by atoms with van der Waals surface area (Å²) in [6.45, 7) is 2.35. The monoisotopic (exact) mass is 790 g/mol. The number of phosphoric ester groups is 1. The number of anilines is 4. The first-order chi connectivity index (χ1) is 25.3. The van der Waals surface area contributed by atoms with Gasteiger partial charge in [-0.05, 0) is 38.0 Å². The van der Waals surface area contributed by atoms with Crippen LogP contribution >= 0.6 is 7.82 Å². The number of aliphatic hydroxyl groups excluding tert-OH is 5. The van der Waals surface area contributed by atoms with E-state index in [4.69, 9.17) is 25.4 Å². The van der Waals surface area contributed by atoms with Crippen LogP contribution in [0.4, 0.5) is 23.1 Å². The lowest BCUT2D eigenvalue weighted by Gasteiger charge is -2.40. The second-order valence-electron chi connectivity index (χ2n) is 13.1. The molecule has 0 aliphatic carbocycles. The van der Waals surface area contributed by atoms with Gasteiger partial charge < -0.3 is 71.4 Å². The molecule has 0 saturated carbocycles. The Bertz CT molecular complexity index is 1700. The molecular formula is C31H47N6O16P. The van der Waals surface area contributed by atoms with Crippen molar-refractivity contribution < 1.29 is 73.3 Å². The van der Waals surface area contributed by atoms with Crippen LogP contribution in [0.1, 0.15) is 32.3 Å². The molecule has 54 heavy (non-hydrogen) atoms. The quantitative estimate of drug-likeness (QED) is 0.0685. The van der Waals surface area contributed by atoms with Crippen molar-refractivity contribution in [3.8, 4) is 0 Å². The van der Waals surface area contributed by atoms with E-state index in [0.29, 0.717) is 11.4 Å². The Morgan fingerprint density at radius 1 is 1.09 bits per heavy atom. The van der Waals surface area contributed by atoms with E-state index in [9.17, 15) is 49.4 Å². The number of benzene rings is 1. The van der Waals surface area contributed by atoms with Crippen LogP contribution in [0.25, 0.3) is 0 Å². The number of carboxylic acids is 2. The molecule has 12 atom stereocenters. The van der Waals surface area contributed by atoms with Gasteiger partial charge in [0.15, 0.2) is 18.2 Å². The van der Waals surface area contributed by atoms with E-state index in [-0.39, 0.29) is 36.2 Å². The van der Waals surface area contributed by atoms with Crippen molar-refractivity contribution in [2.24, 2.45) is 0 Å². The number of nitrogens with two attached hydrogens (primary N) is 1. The van der Waals surface area contributed by atoms with Gasteiger partial charge in [-0.15, -0.1) is 0 Å². The summed E-state index contributed by atoms with van der Waals surface area (Å²) >= 11 is 0. The van der Waals surface area contributed by atoms with Crippen LogP contribution in [0.2, 0.25) is 0 Å². The Kier molecular flexibility index (Phi) is 14.4. The third kappa shape index (κ3) is 10.9. The molecule has 2 aliphatic heterocycles. The average Bonchev–Trinajstić information content (AvgIpc) is 3.38. The van der Waals surface area contributed by atoms with Crippen molar-refractivity contribution in [1.29, 1.82) is 0 Å². The molecule has 1 saturated heterocycles. The zero-order chi connectivity index (χ0) is 40.1. The van der Waals surface area contributed by atoms with Crippen molar-refractivity contribution in [1.82, 2.24) is 9.97 Å². The summed E-state index contributed by atoms with van der Waals surface area (Å²) in [5.74, 6) is -2.71. The molecule has 23 heteroatoms. The highest BCUT2D eigenvalue weighted by Gasteiger charge is 2.45. The summed E-state index contributed by atoms with van der Waals surface area (Å²) in [6, 6.07) is 6.64. The van der Waals surface area contributed by atoms with Crippen molar-refractivity contribution >= 4 is 42.9 Å². The summed E-state index contributed by atoms with van der Waals surface area (Å²) in [6.07, 6.45) is -14.9. The number of carboxylic acid groups (broad SMARTS) is 2. The minimum Gasteiger partial charge on any atom is -0.481 e. The first-order valence-electron chi connectivity index (χ1n) is 16.8.